The SMILES string of the molecule is CC(C)=CC(C)=NNc1nncc2ccccc12. The number of hydrogen-bond acceptors (Lipinski definition) is 4. The van der Waals surface area contributed by atoms with Crippen LogP contribution in [0.25, 0.3) is 10.8 Å². The van der Waals surface area contributed by atoms with Crippen molar-refractivity contribution >= 4 is 22.3 Å². The Bertz CT molecular complexity index is 605. The summed E-state index contributed by atoms with van der Waals surface area (Å²) in [6, 6.07) is 7.95. The normalized spacial score (nSPS) is 11.4. The number of hydrazone groups is 1. The van der Waals surface area contributed by atoms with Crippen LogP contribution >= 0.6 is 0 Å². The zero-order chi connectivity index (χ0) is 13.0. The first-order chi connectivity index (χ1) is 8.66. The third-order valence-electron chi connectivity index (χ3n) is 2.41. The monoisotopic (exact) mass is 240 g/mol. The zero-order valence-electron chi connectivity index (χ0n) is 10.8. The van der Waals surface area contributed by atoms with E-state index in [4.69, 9.17) is 0 Å². The van der Waals surface area contributed by atoms with Crippen LogP contribution in [-0.4, -0.2) is 15.9 Å². The molecule has 4 heteroatoms. The molecule has 0 fully saturated rings. The quantitative estimate of drug-likeness (QED) is 0.661. The van der Waals surface area contributed by atoms with Crippen LogP contribution < -0.4 is 5.43 Å². The minimum Gasteiger partial charge on any atom is -0.259 e. The number of nitrogens with one attached hydrogen (secondary N) is 1. The van der Waals surface area contributed by atoms with Crippen LogP contribution in [0.5, 0.6) is 0 Å². The van der Waals surface area contributed by atoms with Crippen LogP contribution in [0.2, 0.25) is 0 Å². The Morgan fingerprint density at radius 3 is 2.78 bits per heavy atom. The van der Waals surface area contributed by atoms with Gasteiger partial charge in [-0.15, -0.1) is 5.10 Å². The molecule has 1 aromatic heterocycles. The van der Waals surface area contributed by atoms with Crippen molar-refractivity contribution in [3.8, 4) is 0 Å². The topological polar surface area (TPSA) is 50.2 Å². The van der Waals surface area contributed by atoms with Gasteiger partial charge in [0.1, 0.15) is 0 Å². The van der Waals surface area contributed by atoms with Crippen molar-refractivity contribution in [2.75, 3.05) is 5.43 Å². The average molecular weight is 240 g/mol. The first-order valence-corrected chi connectivity index (χ1v) is 5.82. The average Bonchev–Trinajstić information content (AvgIpc) is 2.35. The van der Waals surface area contributed by atoms with Gasteiger partial charge in [-0.2, -0.15) is 10.2 Å². The minimum atomic E-state index is 0.676. The molecular formula is C14H16N4. The molecule has 0 aliphatic carbocycles. The molecule has 0 aliphatic heterocycles. The lowest BCUT2D eigenvalue weighted by Gasteiger charge is -2.03. The summed E-state index contributed by atoms with van der Waals surface area (Å²) in [6.45, 7) is 6.02. The highest BCUT2D eigenvalue weighted by Gasteiger charge is 2.00. The summed E-state index contributed by atoms with van der Waals surface area (Å²) in [6.07, 6.45) is 3.75. The Balaban J connectivity index is 2.30. The van der Waals surface area contributed by atoms with Gasteiger partial charge in [-0.25, -0.2) is 0 Å². The van der Waals surface area contributed by atoms with Gasteiger partial charge in [0.15, 0.2) is 5.82 Å². The van der Waals surface area contributed by atoms with E-state index >= 15 is 0 Å². The van der Waals surface area contributed by atoms with E-state index in [1.807, 2.05) is 51.1 Å². The molecule has 0 saturated heterocycles. The first kappa shape index (κ1) is 12.2. The van der Waals surface area contributed by atoms with Crippen molar-refractivity contribution in [3.63, 3.8) is 0 Å². The Hall–Kier alpha value is -2.23. The molecule has 18 heavy (non-hydrogen) atoms. The van der Waals surface area contributed by atoms with Crippen LogP contribution in [0.1, 0.15) is 20.8 Å². The zero-order valence-corrected chi connectivity index (χ0v) is 10.8. The fraction of sp³-hybridized carbons (Fsp3) is 0.214. The Morgan fingerprint density at radius 1 is 1.22 bits per heavy atom. The maximum absolute atomic E-state index is 4.27. The number of anilines is 1. The second-order valence-electron chi connectivity index (χ2n) is 4.37. The highest BCUT2D eigenvalue weighted by atomic mass is 15.3. The molecule has 0 atom stereocenters. The molecule has 0 spiro atoms. The standard InChI is InChI=1S/C14H16N4/c1-10(2)8-11(3)16-18-14-13-7-5-4-6-12(13)9-15-17-14/h4-9H,1-3H3,(H,17,18). The van der Waals surface area contributed by atoms with E-state index in [1.165, 1.54) is 5.57 Å². The number of rotatable bonds is 3. The summed E-state index contributed by atoms with van der Waals surface area (Å²) in [5.41, 5.74) is 5.08. The predicted octanol–water partition coefficient (Wildman–Crippen LogP) is 3.38. The number of fused-ring (bicyclic) bond motifs is 1. The maximum Gasteiger partial charge on any atom is 0.176 e. The predicted molar refractivity (Wildman–Crippen MR) is 75.7 cm³/mol. The molecule has 0 radical (unpaired) electrons. The second kappa shape index (κ2) is 5.40. The molecule has 1 N–H and O–H groups in total. The van der Waals surface area contributed by atoms with Crippen molar-refractivity contribution < 1.29 is 0 Å². The van der Waals surface area contributed by atoms with Crippen LogP contribution in [0.15, 0.2) is 47.2 Å². The van der Waals surface area contributed by atoms with Crippen molar-refractivity contribution in [3.05, 3.63) is 42.1 Å². The van der Waals surface area contributed by atoms with Crippen LogP contribution in [0, 0.1) is 0 Å². The lowest BCUT2D eigenvalue weighted by molar-refractivity contribution is 1.04. The molecule has 2 aromatic rings. The van der Waals surface area contributed by atoms with Crippen molar-refractivity contribution in [1.29, 1.82) is 0 Å². The molecule has 0 unspecified atom stereocenters. The minimum absolute atomic E-state index is 0.676. The van der Waals surface area contributed by atoms with Crippen molar-refractivity contribution in [2.24, 2.45) is 5.10 Å². The lowest BCUT2D eigenvalue weighted by atomic mass is 10.2. The van der Waals surface area contributed by atoms with Crippen LogP contribution in [0.3, 0.4) is 0 Å². The van der Waals surface area contributed by atoms with Gasteiger partial charge in [-0.3, -0.25) is 5.43 Å². The fourth-order valence-electron chi connectivity index (χ4n) is 1.70. The third-order valence-corrected chi connectivity index (χ3v) is 2.41. The fourth-order valence-corrected chi connectivity index (χ4v) is 1.70. The molecule has 1 heterocycles. The molecule has 1 aromatic carbocycles. The second-order valence-corrected chi connectivity index (χ2v) is 4.37. The number of aromatic nitrogens is 2. The molecule has 0 bridgehead atoms. The van der Waals surface area contributed by atoms with Crippen molar-refractivity contribution in [2.45, 2.75) is 20.8 Å². The molecule has 0 amide bonds. The molecule has 4 nitrogen and oxygen atoms in total. The van der Waals surface area contributed by atoms with Gasteiger partial charge in [0, 0.05) is 10.8 Å². The van der Waals surface area contributed by atoms with Gasteiger partial charge in [-0.1, -0.05) is 29.8 Å². The Labute approximate surface area is 106 Å². The number of allylic oxidation sites excluding steroid dienone is 2. The van der Waals surface area contributed by atoms with Gasteiger partial charge in [-0.05, 0) is 26.8 Å². The smallest absolute Gasteiger partial charge is 0.176 e. The van der Waals surface area contributed by atoms with E-state index in [0.29, 0.717) is 5.82 Å². The van der Waals surface area contributed by atoms with Gasteiger partial charge in [0.25, 0.3) is 0 Å². The number of nitrogens with zero attached hydrogens (tertiary/aromatic N) is 3. The lowest BCUT2D eigenvalue weighted by Crippen LogP contribution is -1.99. The first-order valence-electron chi connectivity index (χ1n) is 5.82. The third kappa shape index (κ3) is 2.91. The summed E-state index contributed by atoms with van der Waals surface area (Å²) in [5, 5.41) is 14.4. The molecular weight excluding hydrogens is 224 g/mol. The highest BCUT2D eigenvalue weighted by Crippen LogP contribution is 2.18. The van der Waals surface area contributed by atoms with E-state index < -0.39 is 0 Å². The van der Waals surface area contributed by atoms with Crippen molar-refractivity contribution in [1.82, 2.24) is 10.2 Å². The van der Waals surface area contributed by atoms with E-state index in [2.05, 4.69) is 20.7 Å². The summed E-state index contributed by atoms with van der Waals surface area (Å²) >= 11 is 0. The van der Waals surface area contributed by atoms with Gasteiger partial charge < -0.3 is 0 Å². The Morgan fingerprint density at radius 2 is 2.00 bits per heavy atom. The van der Waals surface area contributed by atoms with Gasteiger partial charge >= 0.3 is 0 Å². The van der Waals surface area contributed by atoms with Gasteiger partial charge in [0.05, 0.1) is 11.9 Å². The molecule has 2 rings (SSSR count). The Kier molecular flexibility index (Phi) is 3.67. The molecule has 0 saturated carbocycles. The largest absolute Gasteiger partial charge is 0.259 e. The summed E-state index contributed by atoms with van der Waals surface area (Å²) < 4.78 is 0. The van der Waals surface area contributed by atoms with Gasteiger partial charge in [0.2, 0.25) is 0 Å². The molecule has 0 aliphatic rings. The highest BCUT2D eigenvalue weighted by molar-refractivity contribution is 5.95. The van der Waals surface area contributed by atoms with E-state index in [-0.39, 0.29) is 0 Å². The van der Waals surface area contributed by atoms with E-state index in [9.17, 15) is 0 Å². The van der Waals surface area contributed by atoms with E-state index in [0.717, 1.165) is 16.5 Å². The van der Waals surface area contributed by atoms with Crippen LogP contribution in [-0.2, 0) is 0 Å². The summed E-state index contributed by atoms with van der Waals surface area (Å²) in [7, 11) is 0. The number of hydrogen-bond donors (Lipinski definition) is 1. The van der Waals surface area contributed by atoms with Crippen LogP contribution in [0.4, 0.5) is 5.82 Å². The molecule has 92 valence electrons. The van der Waals surface area contributed by atoms with E-state index in [1.54, 1.807) is 6.20 Å². The summed E-state index contributed by atoms with van der Waals surface area (Å²) in [4.78, 5) is 0. The summed E-state index contributed by atoms with van der Waals surface area (Å²) in [5.74, 6) is 0.676. The number of benzene rings is 1. The maximum atomic E-state index is 4.27.